The fraction of sp³-hybridized carbons (Fsp3) is 0.316. The van der Waals surface area contributed by atoms with Crippen LogP contribution < -0.4 is 19.5 Å². The van der Waals surface area contributed by atoms with E-state index in [1.165, 1.54) is 32.4 Å². The minimum atomic E-state index is -3.78. The van der Waals surface area contributed by atoms with E-state index in [0.29, 0.717) is 23.2 Å². The van der Waals surface area contributed by atoms with Crippen LogP contribution in [0.25, 0.3) is 0 Å². The average Bonchev–Trinajstić information content (AvgIpc) is 3.46. The van der Waals surface area contributed by atoms with Crippen LogP contribution in [-0.4, -0.2) is 34.6 Å². The topological polar surface area (TPSA) is 93.7 Å². The maximum absolute atomic E-state index is 12.6. The van der Waals surface area contributed by atoms with E-state index >= 15 is 0 Å². The van der Waals surface area contributed by atoms with E-state index in [9.17, 15) is 13.2 Å². The molecule has 1 amide bonds. The highest BCUT2D eigenvalue weighted by atomic mass is 32.2. The Morgan fingerprint density at radius 3 is 2.30 bits per heavy atom. The summed E-state index contributed by atoms with van der Waals surface area (Å²) in [5, 5.41) is 2.92. The van der Waals surface area contributed by atoms with Gasteiger partial charge in [0.05, 0.1) is 25.5 Å². The summed E-state index contributed by atoms with van der Waals surface area (Å²) in [6.45, 7) is 0. The first-order valence-electron chi connectivity index (χ1n) is 8.54. The number of amides is 1. The molecule has 0 heterocycles. The first-order chi connectivity index (χ1) is 12.9. The Morgan fingerprint density at radius 1 is 1.04 bits per heavy atom. The molecule has 8 heteroatoms. The van der Waals surface area contributed by atoms with Gasteiger partial charge in [-0.05, 0) is 42.7 Å². The molecular formula is C19H22N2O5S. The monoisotopic (exact) mass is 390 g/mol. The summed E-state index contributed by atoms with van der Waals surface area (Å²) < 4.78 is 38.0. The minimum Gasteiger partial charge on any atom is -0.493 e. The van der Waals surface area contributed by atoms with E-state index in [-0.39, 0.29) is 17.2 Å². The maximum atomic E-state index is 12.6. The molecule has 0 unspecified atom stereocenters. The van der Waals surface area contributed by atoms with Crippen LogP contribution in [0.3, 0.4) is 0 Å². The number of rotatable bonds is 8. The van der Waals surface area contributed by atoms with E-state index in [2.05, 4.69) is 10.0 Å². The highest BCUT2D eigenvalue weighted by Crippen LogP contribution is 2.30. The predicted molar refractivity (Wildman–Crippen MR) is 102 cm³/mol. The van der Waals surface area contributed by atoms with Gasteiger partial charge in [0.15, 0.2) is 11.5 Å². The number of carbonyl (C=O) groups is 1. The number of sulfonamides is 1. The molecule has 1 aliphatic rings. The predicted octanol–water partition coefficient (Wildman–Crippen LogP) is 2.33. The zero-order valence-electron chi connectivity index (χ0n) is 15.2. The van der Waals surface area contributed by atoms with Gasteiger partial charge in [-0.1, -0.05) is 12.1 Å². The SMILES string of the molecule is COc1ccc(S(=O)(=O)Nc2ccc(CC(=O)NC3CC3)cc2)cc1OC. The number of anilines is 1. The standard InChI is InChI=1S/C19H22N2O5S/c1-25-17-10-9-16(12-18(17)26-2)27(23,24)21-15-5-3-13(4-6-15)11-19(22)20-14-7-8-14/h3-6,9-10,12,14,21H,7-8,11H2,1-2H3,(H,20,22). The Morgan fingerprint density at radius 2 is 1.70 bits per heavy atom. The second kappa shape index (κ2) is 7.87. The molecule has 2 aromatic carbocycles. The quantitative estimate of drug-likeness (QED) is 0.722. The fourth-order valence-corrected chi connectivity index (χ4v) is 3.65. The molecule has 1 saturated carbocycles. The van der Waals surface area contributed by atoms with Crippen LogP contribution in [0.5, 0.6) is 11.5 Å². The van der Waals surface area contributed by atoms with Gasteiger partial charge in [-0.2, -0.15) is 0 Å². The smallest absolute Gasteiger partial charge is 0.262 e. The van der Waals surface area contributed by atoms with Crippen molar-refractivity contribution in [1.82, 2.24) is 5.32 Å². The molecule has 0 aliphatic heterocycles. The zero-order valence-corrected chi connectivity index (χ0v) is 16.0. The summed E-state index contributed by atoms with van der Waals surface area (Å²) in [6.07, 6.45) is 2.37. The van der Waals surface area contributed by atoms with Gasteiger partial charge in [-0.25, -0.2) is 8.42 Å². The molecule has 2 aromatic rings. The van der Waals surface area contributed by atoms with Crippen molar-refractivity contribution < 1.29 is 22.7 Å². The molecule has 0 aromatic heterocycles. The van der Waals surface area contributed by atoms with E-state index in [1.807, 2.05) is 0 Å². The van der Waals surface area contributed by atoms with Crippen LogP contribution in [0.15, 0.2) is 47.4 Å². The molecule has 0 radical (unpaired) electrons. The summed E-state index contributed by atoms with van der Waals surface area (Å²) in [4.78, 5) is 11.9. The van der Waals surface area contributed by atoms with Gasteiger partial charge in [0.25, 0.3) is 10.0 Å². The van der Waals surface area contributed by atoms with Crippen molar-refractivity contribution in [3.05, 3.63) is 48.0 Å². The fourth-order valence-electron chi connectivity index (χ4n) is 2.58. The minimum absolute atomic E-state index is 0.0174. The van der Waals surface area contributed by atoms with Gasteiger partial charge in [-0.3, -0.25) is 9.52 Å². The van der Waals surface area contributed by atoms with Crippen LogP contribution in [0.2, 0.25) is 0 Å². The maximum Gasteiger partial charge on any atom is 0.262 e. The summed E-state index contributed by atoms with van der Waals surface area (Å²) in [6, 6.07) is 11.5. The summed E-state index contributed by atoms with van der Waals surface area (Å²) >= 11 is 0. The van der Waals surface area contributed by atoms with Crippen molar-refractivity contribution in [2.75, 3.05) is 18.9 Å². The molecule has 144 valence electrons. The number of carbonyl (C=O) groups excluding carboxylic acids is 1. The number of hydrogen-bond donors (Lipinski definition) is 2. The lowest BCUT2D eigenvalue weighted by atomic mass is 10.1. The number of hydrogen-bond acceptors (Lipinski definition) is 5. The zero-order chi connectivity index (χ0) is 19.4. The highest BCUT2D eigenvalue weighted by molar-refractivity contribution is 7.92. The molecule has 0 saturated heterocycles. The Labute approximate surface area is 158 Å². The number of benzene rings is 2. The lowest BCUT2D eigenvalue weighted by Gasteiger charge is -2.12. The van der Waals surface area contributed by atoms with Crippen LogP contribution in [0.4, 0.5) is 5.69 Å². The van der Waals surface area contributed by atoms with Crippen LogP contribution in [-0.2, 0) is 21.2 Å². The van der Waals surface area contributed by atoms with E-state index in [4.69, 9.17) is 9.47 Å². The third-order valence-electron chi connectivity index (χ3n) is 4.18. The van der Waals surface area contributed by atoms with Crippen molar-refractivity contribution in [1.29, 1.82) is 0 Å². The summed E-state index contributed by atoms with van der Waals surface area (Å²) in [5.74, 6) is 0.763. The Kier molecular flexibility index (Phi) is 5.55. The van der Waals surface area contributed by atoms with Gasteiger partial charge in [0.2, 0.25) is 5.91 Å². The normalized spacial score (nSPS) is 13.7. The molecule has 0 bridgehead atoms. The molecule has 27 heavy (non-hydrogen) atoms. The summed E-state index contributed by atoms with van der Waals surface area (Å²) in [5.41, 5.74) is 1.23. The van der Waals surface area contributed by atoms with Crippen molar-refractivity contribution >= 4 is 21.6 Å². The molecular weight excluding hydrogens is 368 g/mol. The Bertz CT molecular complexity index is 922. The second-order valence-corrected chi connectivity index (χ2v) is 8.02. The van der Waals surface area contributed by atoms with E-state index in [0.717, 1.165) is 18.4 Å². The average molecular weight is 390 g/mol. The van der Waals surface area contributed by atoms with Gasteiger partial charge >= 0.3 is 0 Å². The van der Waals surface area contributed by atoms with Gasteiger partial charge in [0.1, 0.15) is 0 Å². The van der Waals surface area contributed by atoms with Crippen molar-refractivity contribution in [2.24, 2.45) is 0 Å². The van der Waals surface area contributed by atoms with E-state index in [1.54, 1.807) is 24.3 Å². The molecule has 3 rings (SSSR count). The third-order valence-corrected chi connectivity index (χ3v) is 5.56. The number of methoxy groups -OCH3 is 2. The first-order valence-corrected chi connectivity index (χ1v) is 10.0. The van der Waals surface area contributed by atoms with Crippen LogP contribution in [0.1, 0.15) is 18.4 Å². The molecule has 0 atom stereocenters. The molecule has 7 nitrogen and oxygen atoms in total. The lowest BCUT2D eigenvalue weighted by Crippen LogP contribution is -2.26. The number of nitrogens with one attached hydrogen (secondary N) is 2. The second-order valence-electron chi connectivity index (χ2n) is 6.34. The van der Waals surface area contributed by atoms with Crippen LogP contribution >= 0.6 is 0 Å². The largest absolute Gasteiger partial charge is 0.493 e. The van der Waals surface area contributed by atoms with Crippen LogP contribution in [0, 0.1) is 0 Å². The van der Waals surface area contributed by atoms with Crippen molar-refractivity contribution in [3.8, 4) is 11.5 Å². The van der Waals surface area contributed by atoms with Gasteiger partial charge < -0.3 is 14.8 Å². The molecule has 0 spiro atoms. The Balaban J connectivity index is 1.69. The van der Waals surface area contributed by atoms with Gasteiger partial charge in [-0.15, -0.1) is 0 Å². The molecule has 1 fully saturated rings. The van der Waals surface area contributed by atoms with Crippen molar-refractivity contribution in [2.45, 2.75) is 30.2 Å². The summed E-state index contributed by atoms with van der Waals surface area (Å²) in [7, 11) is -0.852. The van der Waals surface area contributed by atoms with Gasteiger partial charge in [0, 0.05) is 17.8 Å². The number of ether oxygens (including phenoxy) is 2. The van der Waals surface area contributed by atoms with Crippen molar-refractivity contribution in [3.63, 3.8) is 0 Å². The lowest BCUT2D eigenvalue weighted by molar-refractivity contribution is -0.120. The molecule has 2 N–H and O–H groups in total. The third kappa shape index (κ3) is 4.91. The Hall–Kier alpha value is -2.74. The van der Waals surface area contributed by atoms with E-state index < -0.39 is 10.0 Å². The first kappa shape index (κ1) is 19.0. The highest BCUT2D eigenvalue weighted by Gasteiger charge is 2.23. The molecule has 1 aliphatic carbocycles.